The highest BCUT2D eigenvalue weighted by Gasteiger charge is 2.21. The normalized spacial score (nSPS) is 14.0. The van der Waals surface area contributed by atoms with Crippen LogP contribution in [0.5, 0.6) is 0 Å². The van der Waals surface area contributed by atoms with Crippen LogP contribution < -0.4 is 11.1 Å². The second kappa shape index (κ2) is 11.9. The summed E-state index contributed by atoms with van der Waals surface area (Å²) < 4.78 is 2.04. The molecule has 0 aliphatic carbocycles. The molecule has 216 valence electrons. The van der Waals surface area contributed by atoms with E-state index >= 15 is 0 Å². The minimum absolute atomic E-state index is 0.181. The van der Waals surface area contributed by atoms with Gasteiger partial charge in [0.05, 0.1) is 17.0 Å². The van der Waals surface area contributed by atoms with Gasteiger partial charge in [-0.2, -0.15) is 5.26 Å². The molecule has 0 radical (unpaired) electrons. The summed E-state index contributed by atoms with van der Waals surface area (Å²) >= 11 is 0. The average molecular weight is 580 g/mol. The summed E-state index contributed by atoms with van der Waals surface area (Å²) in [6, 6.07) is 26.1. The second-order valence-corrected chi connectivity index (χ2v) is 10.7. The van der Waals surface area contributed by atoms with E-state index in [0.29, 0.717) is 23.5 Å². The molecule has 5 aromatic heterocycles. The quantitative estimate of drug-likeness (QED) is 0.269. The van der Waals surface area contributed by atoms with Gasteiger partial charge in [-0.05, 0) is 73.0 Å². The number of nitrogen functional groups attached to an aromatic ring is 1. The topological polar surface area (TPSA) is 147 Å². The van der Waals surface area contributed by atoms with E-state index in [9.17, 15) is 0 Å². The van der Waals surface area contributed by atoms with Crippen molar-refractivity contribution in [1.29, 1.82) is 5.26 Å². The van der Waals surface area contributed by atoms with Gasteiger partial charge in [0.15, 0.2) is 11.5 Å². The van der Waals surface area contributed by atoms with Crippen LogP contribution in [0.25, 0.3) is 39.6 Å². The largest absolute Gasteiger partial charge is 0.383 e. The number of anilines is 2. The van der Waals surface area contributed by atoms with Gasteiger partial charge >= 0.3 is 0 Å². The molecule has 7 rings (SSSR count). The molecule has 0 unspecified atom stereocenters. The lowest BCUT2D eigenvalue weighted by Gasteiger charge is -2.32. The van der Waals surface area contributed by atoms with Crippen molar-refractivity contribution in [3.8, 4) is 34.5 Å². The minimum Gasteiger partial charge on any atom is -0.383 e. The average Bonchev–Trinajstić information content (AvgIpc) is 3.45. The van der Waals surface area contributed by atoms with Gasteiger partial charge in [-0.3, -0.25) is 14.5 Å². The molecular formula is C33H29N11. The Balaban J connectivity index is 1.13. The number of benzene rings is 1. The van der Waals surface area contributed by atoms with Gasteiger partial charge in [0.2, 0.25) is 5.82 Å². The lowest BCUT2D eigenvalue weighted by atomic mass is 10.0. The number of imidazole rings is 1. The van der Waals surface area contributed by atoms with Crippen molar-refractivity contribution in [3.05, 3.63) is 103 Å². The maximum absolute atomic E-state index is 9.06. The molecule has 6 aromatic rings. The van der Waals surface area contributed by atoms with Crippen molar-refractivity contribution in [3.63, 3.8) is 0 Å². The Morgan fingerprint density at radius 2 is 1.66 bits per heavy atom. The van der Waals surface area contributed by atoms with Crippen LogP contribution in [0.3, 0.4) is 0 Å². The monoisotopic (exact) mass is 579 g/mol. The van der Waals surface area contributed by atoms with Gasteiger partial charge in [0.1, 0.15) is 23.2 Å². The smallest absolute Gasteiger partial charge is 0.234 e. The number of nitriles is 1. The third kappa shape index (κ3) is 5.54. The highest BCUT2D eigenvalue weighted by molar-refractivity contribution is 5.84. The summed E-state index contributed by atoms with van der Waals surface area (Å²) in [6.45, 7) is 2.78. The van der Waals surface area contributed by atoms with Gasteiger partial charge in [-0.15, -0.1) is 0 Å². The number of nitrogens with zero attached hydrogens (tertiary/aromatic N) is 9. The van der Waals surface area contributed by atoms with Crippen LogP contribution in [0.15, 0.2) is 91.4 Å². The summed E-state index contributed by atoms with van der Waals surface area (Å²) in [6.07, 6.45) is 7.04. The first-order valence-corrected chi connectivity index (χ1v) is 14.5. The number of rotatable bonds is 7. The molecule has 0 amide bonds. The summed E-state index contributed by atoms with van der Waals surface area (Å²) in [5.41, 5.74) is 12.3. The van der Waals surface area contributed by atoms with Crippen molar-refractivity contribution in [2.45, 2.75) is 25.4 Å². The zero-order chi connectivity index (χ0) is 29.9. The van der Waals surface area contributed by atoms with E-state index < -0.39 is 0 Å². The highest BCUT2D eigenvalue weighted by Crippen LogP contribution is 2.31. The molecule has 1 aliphatic rings. The fourth-order valence-corrected chi connectivity index (χ4v) is 5.59. The first-order valence-electron chi connectivity index (χ1n) is 14.5. The second-order valence-electron chi connectivity index (χ2n) is 10.7. The highest BCUT2D eigenvalue weighted by atomic mass is 15.2. The molecule has 1 aromatic carbocycles. The predicted molar refractivity (Wildman–Crippen MR) is 168 cm³/mol. The molecule has 0 saturated carbocycles. The number of aromatic nitrogens is 7. The SMILES string of the molecule is N#Cc1nccc(NC2CCN(Cc3ccc(-n4c(-c5cccnc5N)nc5ccc(-c6ccccn6)nc54)cc3)CC2)n1. The molecule has 3 N–H and O–H groups in total. The molecule has 0 bridgehead atoms. The third-order valence-corrected chi connectivity index (χ3v) is 7.81. The molecule has 1 saturated heterocycles. The van der Waals surface area contributed by atoms with E-state index in [1.165, 1.54) is 5.56 Å². The van der Waals surface area contributed by atoms with Gasteiger partial charge in [0, 0.05) is 50.0 Å². The van der Waals surface area contributed by atoms with Crippen molar-refractivity contribution in [1.82, 2.24) is 39.4 Å². The van der Waals surface area contributed by atoms with Crippen molar-refractivity contribution < 1.29 is 0 Å². The number of nitrogens with one attached hydrogen (secondary N) is 1. The molecule has 1 aliphatic heterocycles. The lowest BCUT2D eigenvalue weighted by Crippen LogP contribution is -2.38. The zero-order valence-corrected chi connectivity index (χ0v) is 23.9. The van der Waals surface area contributed by atoms with Crippen molar-refractivity contribution in [2.24, 2.45) is 0 Å². The van der Waals surface area contributed by atoms with E-state index in [-0.39, 0.29) is 5.82 Å². The van der Waals surface area contributed by atoms with Gasteiger partial charge in [-0.25, -0.2) is 24.9 Å². The standard InChI is InChI=1S/C33H29N11/c34-20-30-37-17-12-29(42-30)39-23-13-18-43(19-14-23)21-22-6-8-24(9-7-22)44-32(25-4-3-16-38-31(25)35)41-28-11-10-27(40-33(28)44)26-5-1-2-15-36-26/h1-12,15-17,23H,13-14,18-19,21H2,(H2,35,38)(H,37,39,42). The first-order chi connectivity index (χ1) is 21.6. The van der Waals surface area contributed by atoms with Crippen LogP contribution in [-0.2, 0) is 6.54 Å². The predicted octanol–water partition coefficient (Wildman–Crippen LogP) is 4.86. The maximum Gasteiger partial charge on any atom is 0.234 e. The maximum atomic E-state index is 9.06. The van der Waals surface area contributed by atoms with Gasteiger partial charge in [0.25, 0.3) is 0 Å². The molecule has 6 heterocycles. The lowest BCUT2D eigenvalue weighted by molar-refractivity contribution is 0.211. The molecule has 11 heteroatoms. The number of pyridine rings is 3. The van der Waals surface area contributed by atoms with Crippen LogP contribution in [0.4, 0.5) is 11.6 Å². The Hall–Kier alpha value is -5.73. The summed E-state index contributed by atoms with van der Waals surface area (Å²) in [4.78, 5) is 29.4. The fraction of sp³-hybridized carbons (Fsp3) is 0.182. The number of hydrogen-bond donors (Lipinski definition) is 2. The van der Waals surface area contributed by atoms with Crippen LogP contribution in [-0.4, -0.2) is 58.5 Å². The van der Waals surface area contributed by atoms with E-state index in [4.69, 9.17) is 21.0 Å². The van der Waals surface area contributed by atoms with Crippen molar-refractivity contribution in [2.75, 3.05) is 24.1 Å². The van der Waals surface area contributed by atoms with E-state index in [0.717, 1.165) is 66.3 Å². The summed E-state index contributed by atoms with van der Waals surface area (Å²) in [5.74, 6) is 1.98. The van der Waals surface area contributed by atoms with E-state index in [2.05, 4.69) is 54.4 Å². The van der Waals surface area contributed by atoms with Crippen LogP contribution in [0.2, 0.25) is 0 Å². The molecule has 0 atom stereocenters. The molecule has 11 nitrogen and oxygen atoms in total. The van der Waals surface area contributed by atoms with E-state index in [1.54, 1.807) is 24.7 Å². The number of nitrogens with two attached hydrogens (primary N) is 1. The molecular weight excluding hydrogens is 550 g/mol. The fourth-order valence-electron chi connectivity index (χ4n) is 5.59. The molecule has 1 fully saturated rings. The Morgan fingerprint density at radius 3 is 2.43 bits per heavy atom. The third-order valence-electron chi connectivity index (χ3n) is 7.81. The summed E-state index contributed by atoms with van der Waals surface area (Å²) in [5, 5.41) is 12.5. The number of piperidine rings is 1. The minimum atomic E-state index is 0.181. The number of likely N-dealkylation sites (tertiary alicyclic amines) is 1. The molecule has 0 spiro atoms. The van der Waals surface area contributed by atoms with Crippen LogP contribution >= 0.6 is 0 Å². The van der Waals surface area contributed by atoms with Crippen LogP contribution in [0, 0.1) is 11.3 Å². The number of hydrogen-bond acceptors (Lipinski definition) is 10. The zero-order valence-electron chi connectivity index (χ0n) is 23.9. The van der Waals surface area contributed by atoms with Gasteiger partial charge in [-0.1, -0.05) is 18.2 Å². The van der Waals surface area contributed by atoms with E-state index in [1.807, 2.05) is 53.1 Å². The Kier molecular flexibility index (Phi) is 7.32. The Morgan fingerprint density at radius 1 is 0.818 bits per heavy atom. The van der Waals surface area contributed by atoms with Crippen molar-refractivity contribution >= 4 is 22.8 Å². The van der Waals surface area contributed by atoms with Gasteiger partial charge < -0.3 is 11.1 Å². The number of fused-ring (bicyclic) bond motifs is 1. The Labute approximate surface area is 254 Å². The molecule has 44 heavy (non-hydrogen) atoms. The van der Waals surface area contributed by atoms with Crippen LogP contribution in [0.1, 0.15) is 24.2 Å². The summed E-state index contributed by atoms with van der Waals surface area (Å²) in [7, 11) is 0. The first kappa shape index (κ1) is 27.1. The Bertz CT molecular complexity index is 1950.